The number of nitriles is 1. The molecule has 0 unspecified atom stereocenters. The molecule has 0 aromatic heterocycles. The number of rotatable bonds is 4. The molecular formula is C14H24N2O. The number of hydrogen-bond donors (Lipinski definition) is 1. The van der Waals surface area contributed by atoms with Gasteiger partial charge in [-0.25, -0.2) is 0 Å². The van der Waals surface area contributed by atoms with Crippen LogP contribution in [0.5, 0.6) is 0 Å². The third-order valence-corrected chi connectivity index (χ3v) is 4.24. The van der Waals surface area contributed by atoms with Crippen molar-refractivity contribution in [3.8, 4) is 6.07 Å². The van der Waals surface area contributed by atoms with E-state index in [0.717, 1.165) is 38.5 Å². The topological polar surface area (TPSA) is 45.0 Å². The zero-order chi connectivity index (χ0) is 11.9. The molecule has 1 aliphatic heterocycles. The molecule has 96 valence electrons. The first-order valence-electron chi connectivity index (χ1n) is 7.09. The molecule has 2 aliphatic rings. The van der Waals surface area contributed by atoms with Crippen molar-refractivity contribution in [2.45, 2.75) is 51.0 Å². The normalized spacial score (nSPS) is 31.0. The van der Waals surface area contributed by atoms with Gasteiger partial charge in [0.1, 0.15) is 0 Å². The second kappa shape index (κ2) is 6.98. The molecule has 1 N–H and O–H groups in total. The van der Waals surface area contributed by atoms with E-state index < -0.39 is 0 Å². The molecule has 1 heterocycles. The van der Waals surface area contributed by atoms with Crippen LogP contribution in [0, 0.1) is 23.2 Å². The molecule has 0 atom stereocenters. The second-order valence-corrected chi connectivity index (χ2v) is 5.48. The van der Waals surface area contributed by atoms with Gasteiger partial charge in [-0.05, 0) is 57.4 Å². The Labute approximate surface area is 105 Å². The molecule has 0 radical (unpaired) electrons. The monoisotopic (exact) mass is 236 g/mol. The summed E-state index contributed by atoms with van der Waals surface area (Å²) in [5.41, 5.74) is 0. The predicted molar refractivity (Wildman–Crippen MR) is 67.5 cm³/mol. The van der Waals surface area contributed by atoms with Gasteiger partial charge in [-0.2, -0.15) is 5.26 Å². The molecule has 0 amide bonds. The summed E-state index contributed by atoms with van der Waals surface area (Å²) in [5.74, 6) is 1.19. The lowest BCUT2D eigenvalue weighted by molar-refractivity contribution is 0.0636. The molecule has 1 aliphatic carbocycles. The second-order valence-electron chi connectivity index (χ2n) is 5.48. The van der Waals surface area contributed by atoms with Crippen LogP contribution in [-0.4, -0.2) is 25.8 Å². The van der Waals surface area contributed by atoms with Crippen molar-refractivity contribution in [1.29, 1.82) is 5.26 Å². The quantitative estimate of drug-likeness (QED) is 0.815. The highest BCUT2D eigenvalue weighted by Crippen LogP contribution is 2.24. The van der Waals surface area contributed by atoms with E-state index in [1.54, 1.807) is 0 Å². The van der Waals surface area contributed by atoms with Gasteiger partial charge in [-0.1, -0.05) is 0 Å². The van der Waals surface area contributed by atoms with E-state index >= 15 is 0 Å². The Hall–Kier alpha value is -0.590. The van der Waals surface area contributed by atoms with Crippen LogP contribution >= 0.6 is 0 Å². The van der Waals surface area contributed by atoms with E-state index in [4.69, 9.17) is 10.00 Å². The molecule has 17 heavy (non-hydrogen) atoms. The predicted octanol–water partition coefficient (Wildman–Crippen LogP) is 2.48. The van der Waals surface area contributed by atoms with E-state index in [2.05, 4.69) is 11.4 Å². The third kappa shape index (κ3) is 4.29. The van der Waals surface area contributed by atoms with E-state index in [9.17, 15) is 0 Å². The summed E-state index contributed by atoms with van der Waals surface area (Å²) >= 11 is 0. The Kier molecular flexibility index (Phi) is 5.28. The number of hydrogen-bond acceptors (Lipinski definition) is 3. The van der Waals surface area contributed by atoms with Crippen molar-refractivity contribution in [2.24, 2.45) is 11.8 Å². The Morgan fingerprint density at radius 3 is 2.41 bits per heavy atom. The summed E-state index contributed by atoms with van der Waals surface area (Å²) in [6, 6.07) is 3.06. The minimum absolute atomic E-state index is 0.323. The average Bonchev–Trinajstić information content (AvgIpc) is 2.41. The van der Waals surface area contributed by atoms with Crippen molar-refractivity contribution in [1.82, 2.24) is 5.32 Å². The van der Waals surface area contributed by atoms with Crippen molar-refractivity contribution in [2.75, 3.05) is 19.8 Å². The molecule has 3 heteroatoms. The third-order valence-electron chi connectivity index (χ3n) is 4.24. The standard InChI is InChI=1S/C14H24N2O/c15-11-13-1-3-14(4-2-13)16-8-5-12-6-9-17-10-7-12/h12-14,16H,1-10H2. The van der Waals surface area contributed by atoms with Crippen molar-refractivity contribution < 1.29 is 4.74 Å². The van der Waals surface area contributed by atoms with Crippen LogP contribution in [0.4, 0.5) is 0 Å². The summed E-state index contributed by atoms with van der Waals surface area (Å²) in [6.07, 6.45) is 8.32. The van der Waals surface area contributed by atoms with Crippen LogP contribution in [0.25, 0.3) is 0 Å². The van der Waals surface area contributed by atoms with Gasteiger partial charge in [-0.3, -0.25) is 0 Å². The molecule has 2 rings (SSSR count). The molecule has 0 aromatic rings. The summed E-state index contributed by atoms with van der Waals surface area (Å²) in [7, 11) is 0. The zero-order valence-corrected chi connectivity index (χ0v) is 10.7. The SMILES string of the molecule is N#CC1CCC(NCCC2CCOCC2)CC1. The first-order chi connectivity index (χ1) is 8.38. The summed E-state index contributed by atoms with van der Waals surface area (Å²) in [5, 5.41) is 12.5. The minimum Gasteiger partial charge on any atom is -0.381 e. The van der Waals surface area contributed by atoms with E-state index in [-0.39, 0.29) is 0 Å². The number of nitrogens with zero attached hydrogens (tertiary/aromatic N) is 1. The summed E-state index contributed by atoms with van der Waals surface area (Å²) < 4.78 is 5.37. The Balaban J connectivity index is 1.55. The van der Waals surface area contributed by atoms with Crippen molar-refractivity contribution >= 4 is 0 Å². The number of nitrogens with one attached hydrogen (secondary N) is 1. The summed E-state index contributed by atoms with van der Waals surface area (Å²) in [6.45, 7) is 3.06. The van der Waals surface area contributed by atoms with Crippen LogP contribution in [0.2, 0.25) is 0 Å². The maximum atomic E-state index is 8.84. The van der Waals surface area contributed by atoms with Crippen LogP contribution in [0.1, 0.15) is 44.9 Å². The fraction of sp³-hybridized carbons (Fsp3) is 0.929. The number of ether oxygens (including phenoxy) is 1. The van der Waals surface area contributed by atoms with Crippen LogP contribution in [0.3, 0.4) is 0 Å². The molecule has 3 nitrogen and oxygen atoms in total. The summed E-state index contributed by atoms with van der Waals surface area (Å²) in [4.78, 5) is 0. The van der Waals surface area contributed by atoms with Crippen molar-refractivity contribution in [3.05, 3.63) is 0 Å². The minimum atomic E-state index is 0.323. The smallest absolute Gasteiger partial charge is 0.0655 e. The van der Waals surface area contributed by atoms with Gasteiger partial charge in [0.15, 0.2) is 0 Å². The largest absolute Gasteiger partial charge is 0.381 e. The van der Waals surface area contributed by atoms with Crippen LogP contribution in [-0.2, 0) is 4.74 Å². The van der Waals surface area contributed by atoms with Gasteiger partial charge in [0.25, 0.3) is 0 Å². The molecular weight excluding hydrogens is 212 g/mol. The molecule has 1 saturated heterocycles. The highest BCUT2D eigenvalue weighted by atomic mass is 16.5. The van der Waals surface area contributed by atoms with Gasteiger partial charge < -0.3 is 10.1 Å². The van der Waals surface area contributed by atoms with Crippen molar-refractivity contribution in [3.63, 3.8) is 0 Å². The van der Waals surface area contributed by atoms with Gasteiger partial charge in [0.05, 0.1) is 6.07 Å². The first kappa shape index (κ1) is 12.9. The van der Waals surface area contributed by atoms with Crippen LogP contribution in [0.15, 0.2) is 0 Å². The first-order valence-corrected chi connectivity index (χ1v) is 7.09. The average molecular weight is 236 g/mol. The Bertz CT molecular complexity index is 247. The lowest BCUT2D eigenvalue weighted by Crippen LogP contribution is -2.34. The molecule has 0 aromatic carbocycles. The Morgan fingerprint density at radius 1 is 1.06 bits per heavy atom. The lowest BCUT2D eigenvalue weighted by atomic mass is 9.87. The van der Waals surface area contributed by atoms with Gasteiger partial charge in [0, 0.05) is 25.2 Å². The highest BCUT2D eigenvalue weighted by Gasteiger charge is 2.20. The maximum absolute atomic E-state index is 8.84. The molecule has 2 fully saturated rings. The van der Waals surface area contributed by atoms with Gasteiger partial charge >= 0.3 is 0 Å². The van der Waals surface area contributed by atoms with E-state index in [0.29, 0.717) is 12.0 Å². The van der Waals surface area contributed by atoms with E-state index in [1.807, 2.05) is 0 Å². The Morgan fingerprint density at radius 2 is 1.76 bits per heavy atom. The molecule has 0 bridgehead atoms. The lowest BCUT2D eigenvalue weighted by Gasteiger charge is -2.27. The van der Waals surface area contributed by atoms with Crippen LogP contribution < -0.4 is 5.32 Å². The van der Waals surface area contributed by atoms with Gasteiger partial charge in [0.2, 0.25) is 0 Å². The fourth-order valence-corrected chi connectivity index (χ4v) is 2.95. The van der Waals surface area contributed by atoms with Gasteiger partial charge in [-0.15, -0.1) is 0 Å². The zero-order valence-electron chi connectivity index (χ0n) is 10.7. The highest BCUT2D eigenvalue weighted by molar-refractivity contribution is 4.89. The maximum Gasteiger partial charge on any atom is 0.0655 e. The molecule has 1 saturated carbocycles. The molecule has 0 spiro atoms. The fourth-order valence-electron chi connectivity index (χ4n) is 2.95. The van der Waals surface area contributed by atoms with E-state index in [1.165, 1.54) is 32.1 Å².